The van der Waals surface area contributed by atoms with Crippen molar-refractivity contribution in [3.05, 3.63) is 28.7 Å². The lowest BCUT2D eigenvalue weighted by Crippen LogP contribution is -2.30. The summed E-state index contributed by atoms with van der Waals surface area (Å²) in [6.45, 7) is 1.48. The van der Waals surface area contributed by atoms with Crippen molar-refractivity contribution in [2.75, 3.05) is 27.4 Å². The molecule has 17 heavy (non-hydrogen) atoms. The molecule has 0 aliphatic carbocycles. The number of hydrogen-bond donors (Lipinski definition) is 1. The van der Waals surface area contributed by atoms with Gasteiger partial charge in [-0.05, 0) is 38.1 Å². The van der Waals surface area contributed by atoms with E-state index in [0.717, 1.165) is 36.3 Å². The monoisotopic (exact) mass is 301 g/mol. The van der Waals surface area contributed by atoms with Gasteiger partial charge in [-0.25, -0.2) is 0 Å². The molecule has 96 valence electrons. The average Bonchev–Trinajstić information content (AvgIpc) is 2.33. The predicted molar refractivity (Wildman–Crippen MR) is 73.6 cm³/mol. The third-order valence-electron chi connectivity index (χ3n) is 2.54. The third-order valence-corrected chi connectivity index (χ3v) is 3.03. The number of likely N-dealkylation sites (N-methyl/N-ethyl adjacent to an activating group) is 1. The van der Waals surface area contributed by atoms with Gasteiger partial charge in [0.25, 0.3) is 0 Å². The van der Waals surface area contributed by atoms with Crippen LogP contribution < -0.4 is 10.1 Å². The predicted octanol–water partition coefficient (Wildman–Crippen LogP) is 2.84. The minimum absolute atomic E-state index is 0.408. The zero-order valence-corrected chi connectivity index (χ0v) is 12.0. The Morgan fingerprint density at radius 3 is 2.88 bits per heavy atom. The first kappa shape index (κ1) is 14.5. The Labute approximate surface area is 112 Å². The molecule has 1 N–H and O–H groups in total. The zero-order chi connectivity index (χ0) is 12.5. The van der Waals surface area contributed by atoms with Crippen LogP contribution >= 0.6 is 15.9 Å². The molecule has 4 heteroatoms. The molecule has 1 aromatic rings. The smallest absolute Gasteiger partial charge is 0.120 e. The summed E-state index contributed by atoms with van der Waals surface area (Å²) in [6.07, 6.45) is 2.07. The quantitative estimate of drug-likeness (QED) is 0.749. The number of nitrogens with one attached hydrogen (secondary N) is 1. The highest BCUT2D eigenvalue weighted by atomic mass is 79.9. The highest BCUT2D eigenvalue weighted by molar-refractivity contribution is 9.10. The second-order valence-electron chi connectivity index (χ2n) is 3.89. The number of hydrogen-bond acceptors (Lipinski definition) is 3. The Kier molecular flexibility index (Phi) is 7.24. The summed E-state index contributed by atoms with van der Waals surface area (Å²) in [5.41, 5.74) is 0. The summed E-state index contributed by atoms with van der Waals surface area (Å²) in [5.74, 6) is 0.909. The molecule has 0 saturated heterocycles. The second-order valence-corrected chi connectivity index (χ2v) is 4.80. The highest BCUT2D eigenvalue weighted by Crippen LogP contribution is 2.17. The minimum atomic E-state index is 0.408. The van der Waals surface area contributed by atoms with E-state index in [-0.39, 0.29) is 0 Å². The first-order chi connectivity index (χ1) is 8.26. The van der Waals surface area contributed by atoms with E-state index in [1.807, 2.05) is 31.3 Å². The van der Waals surface area contributed by atoms with Crippen LogP contribution in [0.1, 0.15) is 12.8 Å². The molecule has 0 radical (unpaired) electrons. The molecule has 0 spiro atoms. The van der Waals surface area contributed by atoms with E-state index < -0.39 is 0 Å². The number of methoxy groups -OCH3 is 1. The van der Waals surface area contributed by atoms with Gasteiger partial charge in [0.15, 0.2) is 0 Å². The van der Waals surface area contributed by atoms with Gasteiger partial charge in [-0.2, -0.15) is 0 Å². The van der Waals surface area contributed by atoms with Crippen LogP contribution in [0.4, 0.5) is 0 Å². The Bertz CT molecular complexity index is 320. The van der Waals surface area contributed by atoms with Crippen LogP contribution in [0.25, 0.3) is 0 Å². The molecular formula is C13H20BrNO2. The lowest BCUT2D eigenvalue weighted by Gasteiger charge is -2.15. The van der Waals surface area contributed by atoms with Crippen LogP contribution in [-0.4, -0.2) is 33.4 Å². The Balaban J connectivity index is 2.19. The molecule has 0 saturated carbocycles. The SMILES string of the molecule is CNC(CCCOc1cccc(Br)c1)COC. The number of halogens is 1. The van der Waals surface area contributed by atoms with Gasteiger partial charge in [0.2, 0.25) is 0 Å². The molecule has 0 heterocycles. The average molecular weight is 302 g/mol. The molecule has 0 aliphatic heterocycles. The van der Waals surface area contributed by atoms with Crippen LogP contribution in [-0.2, 0) is 4.74 Å². The first-order valence-electron chi connectivity index (χ1n) is 5.81. The maximum absolute atomic E-state index is 5.66. The van der Waals surface area contributed by atoms with Crippen molar-refractivity contribution < 1.29 is 9.47 Å². The Morgan fingerprint density at radius 2 is 2.24 bits per heavy atom. The van der Waals surface area contributed by atoms with Crippen LogP contribution in [0.5, 0.6) is 5.75 Å². The molecule has 1 aromatic carbocycles. The zero-order valence-electron chi connectivity index (χ0n) is 10.4. The normalized spacial score (nSPS) is 12.4. The summed E-state index contributed by atoms with van der Waals surface area (Å²) in [5, 5.41) is 3.22. The summed E-state index contributed by atoms with van der Waals surface area (Å²) in [7, 11) is 3.68. The van der Waals surface area contributed by atoms with Crippen molar-refractivity contribution >= 4 is 15.9 Å². The molecule has 1 rings (SSSR count). The first-order valence-corrected chi connectivity index (χ1v) is 6.60. The molecule has 3 nitrogen and oxygen atoms in total. The molecular weight excluding hydrogens is 282 g/mol. The second kappa shape index (κ2) is 8.50. The summed E-state index contributed by atoms with van der Waals surface area (Å²) in [6, 6.07) is 8.31. The van der Waals surface area contributed by atoms with E-state index in [1.165, 1.54) is 0 Å². The van der Waals surface area contributed by atoms with Crippen molar-refractivity contribution in [1.82, 2.24) is 5.32 Å². The fourth-order valence-corrected chi connectivity index (χ4v) is 1.97. The van der Waals surface area contributed by atoms with Gasteiger partial charge in [-0.3, -0.25) is 0 Å². The Morgan fingerprint density at radius 1 is 1.41 bits per heavy atom. The fourth-order valence-electron chi connectivity index (χ4n) is 1.59. The fraction of sp³-hybridized carbons (Fsp3) is 0.538. The number of benzene rings is 1. The van der Waals surface area contributed by atoms with E-state index in [1.54, 1.807) is 7.11 Å². The standard InChI is InChI=1S/C13H20BrNO2/c1-15-12(10-16-2)6-4-8-17-13-7-3-5-11(14)9-13/h3,5,7,9,12,15H,4,6,8,10H2,1-2H3. The van der Waals surface area contributed by atoms with E-state index >= 15 is 0 Å². The maximum atomic E-state index is 5.66. The van der Waals surface area contributed by atoms with E-state index in [4.69, 9.17) is 9.47 Å². The van der Waals surface area contributed by atoms with Crippen LogP contribution in [0.2, 0.25) is 0 Å². The van der Waals surface area contributed by atoms with Crippen molar-refractivity contribution in [3.8, 4) is 5.75 Å². The summed E-state index contributed by atoms with van der Waals surface area (Å²) >= 11 is 3.42. The molecule has 1 atom stereocenters. The van der Waals surface area contributed by atoms with Gasteiger partial charge in [0.05, 0.1) is 13.2 Å². The lowest BCUT2D eigenvalue weighted by molar-refractivity contribution is 0.161. The lowest BCUT2D eigenvalue weighted by atomic mass is 10.2. The van der Waals surface area contributed by atoms with Crippen LogP contribution in [0, 0.1) is 0 Å². The van der Waals surface area contributed by atoms with Gasteiger partial charge in [0.1, 0.15) is 5.75 Å². The molecule has 0 aromatic heterocycles. The van der Waals surface area contributed by atoms with E-state index in [0.29, 0.717) is 6.04 Å². The number of ether oxygens (including phenoxy) is 2. The van der Waals surface area contributed by atoms with E-state index in [9.17, 15) is 0 Å². The van der Waals surface area contributed by atoms with Gasteiger partial charge in [0, 0.05) is 17.6 Å². The molecule has 0 bridgehead atoms. The van der Waals surface area contributed by atoms with Crippen molar-refractivity contribution in [2.24, 2.45) is 0 Å². The van der Waals surface area contributed by atoms with E-state index in [2.05, 4.69) is 21.2 Å². The van der Waals surface area contributed by atoms with Crippen LogP contribution in [0.3, 0.4) is 0 Å². The van der Waals surface area contributed by atoms with Crippen molar-refractivity contribution in [3.63, 3.8) is 0 Å². The maximum Gasteiger partial charge on any atom is 0.120 e. The topological polar surface area (TPSA) is 30.5 Å². The largest absolute Gasteiger partial charge is 0.494 e. The third kappa shape index (κ3) is 6.05. The number of rotatable bonds is 8. The summed E-state index contributed by atoms with van der Waals surface area (Å²) < 4.78 is 11.8. The Hall–Kier alpha value is -0.580. The van der Waals surface area contributed by atoms with Crippen molar-refractivity contribution in [1.29, 1.82) is 0 Å². The van der Waals surface area contributed by atoms with Gasteiger partial charge >= 0.3 is 0 Å². The molecule has 0 aliphatic rings. The molecule has 0 amide bonds. The van der Waals surface area contributed by atoms with Gasteiger partial charge in [-0.15, -0.1) is 0 Å². The van der Waals surface area contributed by atoms with Crippen LogP contribution in [0.15, 0.2) is 28.7 Å². The van der Waals surface area contributed by atoms with Gasteiger partial charge < -0.3 is 14.8 Å². The summed E-state index contributed by atoms with van der Waals surface area (Å²) in [4.78, 5) is 0. The molecule has 1 unspecified atom stereocenters. The minimum Gasteiger partial charge on any atom is -0.494 e. The van der Waals surface area contributed by atoms with Gasteiger partial charge in [-0.1, -0.05) is 22.0 Å². The van der Waals surface area contributed by atoms with Crippen molar-refractivity contribution in [2.45, 2.75) is 18.9 Å². The molecule has 0 fully saturated rings. The highest BCUT2D eigenvalue weighted by Gasteiger charge is 2.04.